The molecule has 0 aliphatic carbocycles. The number of nitrogens with one attached hydrogen (secondary N) is 1. The fourth-order valence-electron chi connectivity index (χ4n) is 4.70. The van der Waals surface area contributed by atoms with E-state index in [0.717, 1.165) is 31.4 Å². The van der Waals surface area contributed by atoms with E-state index >= 15 is 0 Å². The molecule has 0 saturated carbocycles. The third kappa shape index (κ3) is 5.75. The van der Waals surface area contributed by atoms with Gasteiger partial charge in [-0.15, -0.1) is 0 Å². The monoisotopic (exact) mass is 498 g/mol. The summed E-state index contributed by atoms with van der Waals surface area (Å²) in [6, 6.07) is 9.24. The highest BCUT2D eigenvalue weighted by Gasteiger charge is 2.35. The molecule has 10 heteroatoms. The highest BCUT2D eigenvalue weighted by molar-refractivity contribution is 5.94. The number of pyridine rings is 1. The summed E-state index contributed by atoms with van der Waals surface area (Å²) < 4.78 is 39.3. The van der Waals surface area contributed by atoms with Crippen molar-refractivity contribution in [3.8, 4) is 11.5 Å². The minimum absolute atomic E-state index is 0.192. The Morgan fingerprint density at radius 1 is 1.03 bits per heavy atom. The molecule has 2 aliphatic heterocycles. The van der Waals surface area contributed by atoms with Crippen molar-refractivity contribution in [2.75, 3.05) is 56.7 Å². The Morgan fingerprint density at radius 3 is 2.56 bits per heavy atom. The normalized spacial score (nSPS) is 17.9. The molecule has 5 rings (SSSR count). The SMILES string of the molecule is COc1cc2c(Nc3ccccn3)nc(N3CCC(F)(F)CC3)nc2cc1OCCCN1CCCC1. The number of rotatable bonds is 9. The summed E-state index contributed by atoms with van der Waals surface area (Å²) in [7, 11) is 1.60. The number of piperidine rings is 1. The van der Waals surface area contributed by atoms with Crippen molar-refractivity contribution in [3.63, 3.8) is 0 Å². The van der Waals surface area contributed by atoms with Gasteiger partial charge in [-0.3, -0.25) is 0 Å². The predicted molar refractivity (Wildman–Crippen MR) is 136 cm³/mol. The Bertz CT molecular complexity index is 1160. The van der Waals surface area contributed by atoms with Gasteiger partial charge in [-0.1, -0.05) is 6.07 Å². The van der Waals surface area contributed by atoms with Gasteiger partial charge in [0.2, 0.25) is 5.95 Å². The molecule has 1 aromatic carbocycles. The van der Waals surface area contributed by atoms with Crippen molar-refractivity contribution in [3.05, 3.63) is 36.5 Å². The van der Waals surface area contributed by atoms with Crippen molar-refractivity contribution in [1.82, 2.24) is 19.9 Å². The van der Waals surface area contributed by atoms with Crippen LogP contribution in [0.4, 0.5) is 26.4 Å². The maximum Gasteiger partial charge on any atom is 0.251 e. The zero-order chi connectivity index (χ0) is 25.0. The molecule has 4 heterocycles. The lowest BCUT2D eigenvalue weighted by Crippen LogP contribution is -2.40. The number of hydrogen-bond donors (Lipinski definition) is 1. The average Bonchev–Trinajstić information content (AvgIpc) is 3.40. The van der Waals surface area contributed by atoms with Gasteiger partial charge in [0.15, 0.2) is 11.5 Å². The van der Waals surface area contributed by atoms with Crippen LogP contribution in [0.1, 0.15) is 32.1 Å². The van der Waals surface area contributed by atoms with Crippen molar-refractivity contribution in [2.24, 2.45) is 0 Å². The van der Waals surface area contributed by atoms with E-state index < -0.39 is 5.92 Å². The van der Waals surface area contributed by atoms with Crippen LogP contribution in [-0.4, -0.2) is 72.2 Å². The van der Waals surface area contributed by atoms with E-state index in [4.69, 9.17) is 19.4 Å². The number of benzene rings is 1. The fourth-order valence-corrected chi connectivity index (χ4v) is 4.70. The molecule has 0 unspecified atom stereocenters. The van der Waals surface area contributed by atoms with Crippen LogP contribution in [0.2, 0.25) is 0 Å². The van der Waals surface area contributed by atoms with Gasteiger partial charge in [0.25, 0.3) is 5.92 Å². The largest absolute Gasteiger partial charge is 0.493 e. The molecule has 1 N–H and O–H groups in total. The van der Waals surface area contributed by atoms with Gasteiger partial charge in [0.05, 0.1) is 19.2 Å². The van der Waals surface area contributed by atoms with Crippen molar-refractivity contribution in [2.45, 2.75) is 38.0 Å². The summed E-state index contributed by atoms with van der Waals surface area (Å²) in [5, 5.41) is 3.99. The van der Waals surface area contributed by atoms with E-state index in [1.165, 1.54) is 12.8 Å². The smallest absolute Gasteiger partial charge is 0.251 e. The Hall–Kier alpha value is -3.27. The lowest BCUT2D eigenvalue weighted by atomic mass is 10.1. The van der Waals surface area contributed by atoms with E-state index in [9.17, 15) is 8.78 Å². The highest BCUT2D eigenvalue weighted by Crippen LogP contribution is 2.37. The van der Waals surface area contributed by atoms with E-state index in [-0.39, 0.29) is 25.9 Å². The third-order valence-corrected chi connectivity index (χ3v) is 6.73. The minimum atomic E-state index is -2.65. The third-order valence-electron chi connectivity index (χ3n) is 6.73. The fraction of sp³-hybridized carbons (Fsp3) is 0.500. The molecule has 192 valence electrons. The van der Waals surface area contributed by atoms with Crippen LogP contribution in [0.15, 0.2) is 36.5 Å². The number of methoxy groups -OCH3 is 1. The highest BCUT2D eigenvalue weighted by atomic mass is 19.3. The van der Waals surface area contributed by atoms with Gasteiger partial charge >= 0.3 is 0 Å². The van der Waals surface area contributed by atoms with Crippen LogP contribution in [0, 0.1) is 0 Å². The quantitative estimate of drug-likeness (QED) is 0.419. The Morgan fingerprint density at radius 2 is 1.83 bits per heavy atom. The van der Waals surface area contributed by atoms with Crippen LogP contribution < -0.4 is 19.7 Å². The topological polar surface area (TPSA) is 75.6 Å². The Balaban J connectivity index is 1.44. The molecule has 0 atom stereocenters. The summed E-state index contributed by atoms with van der Waals surface area (Å²) in [5.74, 6) is 0.0966. The molecule has 0 amide bonds. The maximum atomic E-state index is 13.8. The van der Waals surface area contributed by atoms with Crippen LogP contribution in [0.5, 0.6) is 11.5 Å². The number of aromatic nitrogens is 3. The van der Waals surface area contributed by atoms with E-state index in [2.05, 4.69) is 15.2 Å². The van der Waals surface area contributed by atoms with Crippen molar-refractivity contribution < 1.29 is 18.3 Å². The maximum absolute atomic E-state index is 13.8. The molecule has 8 nitrogen and oxygen atoms in total. The zero-order valence-electron chi connectivity index (χ0n) is 20.6. The first-order valence-corrected chi connectivity index (χ1v) is 12.6. The molecule has 0 bridgehead atoms. The second-order valence-corrected chi connectivity index (χ2v) is 9.33. The summed E-state index contributed by atoms with van der Waals surface area (Å²) in [6.07, 6.45) is 4.71. The first-order valence-electron chi connectivity index (χ1n) is 12.6. The molecule has 0 spiro atoms. The molecular weight excluding hydrogens is 466 g/mol. The summed E-state index contributed by atoms with van der Waals surface area (Å²) in [5.41, 5.74) is 0.645. The first-order chi connectivity index (χ1) is 17.5. The van der Waals surface area contributed by atoms with Gasteiger partial charge in [-0.2, -0.15) is 4.98 Å². The predicted octanol–water partition coefficient (Wildman–Crippen LogP) is 4.88. The number of halogens is 2. The molecule has 2 saturated heterocycles. The molecule has 36 heavy (non-hydrogen) atoms. The molecule has 2 fully saturated rings. The number of ether oxygens (including phenoxy) is 2. The zero-order valence-corrected chi connectivity index (χ0v) is 20.6. The van der Waals surface area contributed by atoms with E-state index in [1.807, 2.05) is 30.3 Å². The molecular formula is C26H32F2N6O2. The number of hydrogen-bond acceptors (Lipinski definition) is 8. The lowest BCUT2D eigenvalue weighted by molar-refractivity contribution is -0.0222. The summed E-state index contributed by atoms with van der Waals surface area (Å²) >= 11 is 0. The molecule has 3 aromatic rings. The van der Waals surface area contributed by atoms with Crippen LogP contribution in [-0.2, 0) is 0 Å². The standard InChI is InChI=1S/C26H32F2N6O2/c1-35-21-17-19-20(18-22(21)36-16-6-13-33-11-4-5-12-33)30-25(34-14-8-26(27,28)9-15-34)32-24(19)31-23-7-2-3-10-29-23/h2-3,7,10,17-18H,4-6,8-9,11-16H2,1H3,(H,29,30,31,32). The minimum Gasteiger partial charge on any atom is -0.493 e. The van der Waals surface area contributed by atoms with Crippen LogP contribution >= 0.6 is 0 Å². The van der Waals surface area contributed by atoms with Crippen LogP contribution in [0.3, 0.4) is 0 Å². The van der Waals surface area contributed by atoms with E-state index in [0.29, 0.717) is 41.2 Å². The number of likely N-dealkylation sites (tertiary alicyclic amines) is 1. The average molecular weight is 499 g/mol. The van der Waals surface area contributed by atoms with Crippen molar-refractivity contribution >= 4 is 28.5 Å². The van der Waals surface area contributed by atoms with Crippen molar-refractivity contribution in [1.29, 1.82) is 0 Å². The van der Waals surface area contributed by atoms with Gasteiger partial charge < -0.3 is 24.6 Å². The van der Waals surface area contributed by atoms with Gasteiger partial charge in [0.1, 0.15) is 11.6 Å². The first kappa shape index (κ1) is 24.4. The number of fused-ring (bicyclic) bond motifs is 1. The van der Waals surface area contributed by atoms with Crippen LogP contribution in [0.25, 0.3) is 10.9 Å². The second-order valence-electron chi connectivity index (χ2n) is 9.33. The van der Waals surface area contributed by atoms with E-state index in [1.54, 1.807) is 18.2 Å². The Labute approximate surface area is 209 Å². The summed E-state index contributed by atoms with van der Waals surface area (Å²) in [4.78, 5) is 18.1. The summed E-state index contributed by atoms with van der Waals surface area (Å²) in [6.45, 7) is 4.28. The van der Waals surface area contributed by atoms with Gasteiger partial charge in [-0.25, -0.2) is 18.7 Å². The molecule has 0 radical (unpaired) electrons. The number of alkyl halides is 2. The van der Waals surface area contributed by atoms with Gasteiger partial charge in [0, 0.05) is 50.1 Å². The molecule has 2 aliphatic rings. The number of nitrogens with zero attached hydrogens (tertiary/aromatic N) is 5. The Kier molecular flexibility index (Phi) is 7.31. The molecule has 2 aromatic heterocycles. The van der Waals surface area contributed by atoms with Gasteiger partial charge in [-0.05, 0) is 50.6 Å². The lowest BCUT2D eigenvalue weighted by Gasteiger charge is -2.32. The second kappa shape index (κ2) is 10.8. The number of anilines is 3.